The number of ether oxygens (including phenoxy) is 4. The van der Waals surface area contributed by atoms with Crippen molar-refractivity contribution in [2.75, 3.05) is 38.8 Å². The summed E-state index contributed by atoms with van der Waals surface area (Å²) in [6, 6.07) is 3.82. The van der Waals surface area contributed by atoms with E-state index in [0.717, 1.165) is 30.6 Å². The largest absolute Gasteiger partial charge is 0.488 e. The van der Waals surface area contributed by atoms with Gasteiger partial charge in [0.1, 0.15) is 42.1 Å². The minimum atomic E-state index is -0.0848. The van der Waals surface area contributed by atoms with Gasteiger partial charge in [-0.05, 0) is 25.0 Å². The number of aromatic nitrogens is 1. The van der Waals surface area contributed by atoms with Crippen LogP contribution in [0, 0.1) is 11.3 Å². The summed E-state index contributed by atoms with van der Waals surface area (Å²) in [6.07, 6.45) is 13.2. The van der Waals surface area contributed by atoms with Crippen LogP contribution in [-0.2, 0) is 19.0 Å². The van der Waals surface area contributed by atoms with Crippen LogP contribution in [0.2, 0.25) is 0 Å². The summed E-state index contributed by atoms with van der Waals surface area (Å²) in [6.45, 7) is 1.27. The molecule has 0 unspecified atom stereocenters. The number of carbonyl (C=O) groups is 1. The lowest BCUT2D eigenvalue weighted by molar-refractivity contribution is -0.134. The smallest absolute Gasteiger partial charge is 0.248 e. The Bertz CT molecular complexity index is 1070. The number of rotatable bonds is 7. The first-order valence-corrected chi connectivity index (χ1v) is 10.7. The molecular formula is C24H26N4O5. The van der Waals surface area contributed by atoms with Crippen molar-refractivity contribution in [1.29, 1.82) is 5.26 Å². The van der Waals surface area contributed by atoms with Crippen molar-refractivity contribution >= 4 is 11.6 Å². The Morgan fingerprint density at radius 2 is 2.27 bits per heavy atom. The second-order valence-corrected chi connectivity index (χ2v) is 7.75. The van der Waals surface area contributed by atoms with E-state index in [1.807, 2.05) is 17.2 Å². The number of allylic oxidation sites excluding steroid dienone is 3. The summed E-state index contributed by atoms with van der Waals surface area (Å²) >= 11 is 0. The van der Waals surface area contributed by atoms with E-state index in [2.05, 4.69) is 17.1 Å². The van der Waals surface area contributed by atoms with Gasteiger partial charge in [-0.15, -0.1) is 0 Å². The van der Waals surface area contributed by atoms with Gasteiger partial charge >= 0.3 is 0 Å². The number of carbonyl (C=O) groups excluding carboxylic acids is 1. The van der Waals surface area contributed by atoms with E-state index >= 15 is 0 Å². The predicted molar refractivity (Wildman–Crippen MR) is 120 cm³/mol. The molecule has 3 aliphatic rings. The number of anilines is 1. The summed E-state index contributed by atoms with van der Waals surface area (Å²) in [4.78, 5) is 19.9. The fourth-order valence-electron chi connectivity index (χ4n) is 3.95. The van der Waals surface area contributed by atoms with Gasteiger partial charge in [-0.25, -0.2) is 4.98 Å². The van der Waals surface area contributed by atoms with E-state index in [1.54, 1.807) is 29.6 Å². The van der Waals surface area contributed by atoms with Crippen molar-refractivity contribution in [2.24, 2.45) is 0 Å². The average Bonchev–Trinajstić information content (AvgIpc) is 3.33. The Balaban J connectivity index is 1.54. The number of methoxy groups -OCH3 is 2. The second-order valence-electron chi connectivity index (χ2n) is 7.75. The number of hydrogen-bond donors (Lipinski definition) is 0. The molecule has 1 aromatic heterocycles. The van der Waals surface area contributed by atoms with E-state index in [9.17, 15) is 10.1 Å². The SMILES string of the molecule is COCC(=O)N1CC[C@H](OC2=C(C3=CN(c4cnc(OC)c(C#N)c4)C=CO3)CCC=C2)C1. The molecule has 0 N–H and O–H groups in total. The third-order valence-electron chi connectivity index (χ3n) is 5.61. The molecule has 1 saturated heterocycles. The Labute approximate surface area is 192 Å². The Kier molecular flexibility index (Phi) is 6.95. The molecule has 4 rings (SSSR count). The van der Waals surface area contributed by atoms with Crippen molar-refractivity contribution in [3.05, 3.63) is 65.7 Å². The predicted octanol–water partition coefficient (Wildman–Crippen LogP) is 2.98. The molecule has 0 aromatic carbocycles. The van der Waals surface area contributed by atoms with Gasteiger partial charge in [0.25, 0.3) is 0 Å². The van der Waals surface area contributed by atoms with Crippen molar-refractivity contribution in [3.8, 4) is 11.9 Å². The maximum atomic E-state index is 12.1. The van der Waals surface area contributed by atoms with Crippen molar-refractivity contribution in [2.45, 2.75) is 25.4 Å². The maximum absolute atomic E-state index is 12.1. The van der Waals surface area contributed by atoms with Crippen LogP contribution in [0.3, 0.4) is 0 Å². The lowest BCUT2D eigenvalue weighted by atomic mass is 10.0. The zero-order valence-corrected chi connectivity index (χ0v) is 18.7. The van der Waals surface area contributed by atoms with Crippen LogP contribution in [-0.4, -0.2) is 55.8 Å². The van der Waals surface area contributed by atoms with Gasteiger partial charge in [0, 0.05) is 31.8 Å². The summed E-state index contributed by atoms with van der Waals surface area (Å²) in [7, 11) is 3.00. The Morgan fingerprint density at radius 3 is 3.06 bits per heavy atom. The third kappa shape index (κ3) is 5.02. The van der Waals surface area contributed by atoms with Gasteiger partial charge in [0.05, 0.1) is 31.7 Å². The second kappa shape index (κ2) is 10.2. The zero-order valence-electron chi connectivity index (χ0n) is 18.7. The summed E-state index contributed by atoms with van der Waals surface area (Å²) in [5.41, 5.74) is 2.01. The van der Waals surface area contributed by atoms with E-state index < -0.39 is 0 Å². The van der Waals surface area contributed by atoms with Crippen LogP contribution in [0.15, 0.2) is 60.2 Å². The topological polar surface area (TPSA) is 97.1 Å². The fraction of sp³-hybridized carbons (Fsp3) is 0.375. The molecule has 1 fully saturated rings. The van der Waals surface area contributed by atoms with E-state index in [-0.39, 0.29) is 24.5 Å². The molecule has 33 heavy (non-hydrogen) atoms. The van der Waals surface area contributed by atoms with Gasteiger partial charge < -0.3 is 28.7 Å². The number of nitrogens with zero attached hydrogens (tertiary/aromatic N) is 4. The van der Waals surface area contributed by atoms with Crippen molar-refractivity contribution < 1.29 is 23.7 Å². The van der Waals surface area contributed by atoms with Crippen LogP contribution in [0.4, 0.5) is 5.69 Å². The normalized spacial score (nSPS) is 19.8. The zero-order chi connectivity index (χ0) is 23.2. The highest BCUT2D eigenvalue weighted by atomic mass is 16.5. The molecule has 0 radical (unpaired) electrons. The molecule has 0 saturated carbocycles. The lowest BCUT2D eigenvalue weighted by Gasteiger charge is -2.26. The van der Waals surface area contributed by atoms with E-state index in [0.29, 0.717) is 30.1 Å². The van der Waals surface area contributed by atoms with Crippen LogP contribution in [0.1, 0.15) is 24.8 Å². The molecule has 1 aromatic rings. The van der Waals surface area contributed by atoms with Gasteiger partial charge in [0.2, 0.25) is 11.8 Å². The monoisotopic (exact) mass is 450 g/mol. The number of likely N-dealkylation sites (tertiary alicyclic amines) is 1. The summed E-state index contributed by atoms with van der Waals surface area (Å²) in [5, 5.41) is 9.37. The Morgan fingerprint density at radius 1 is 1.39 bits per heavy atom. The standard InChI is InChI=1S/C24H26N4O5/c1-30-16-23(29)28-8-7-19(14-28)33-21-6-4-3-5-20(21)22-15-27(9-10-32-22)18-11-17(12-25)24(31-2)26-13-18/h4,6,9-11,13,15,19H,3,5,7-8,14,16H2,1-2H3/t19-/m0/s1. The van der Waals surface area contributed by atoms with E-state index in [1.165, 1.54) is 14.2 Å². The molecule has 1 aliphatic carbocycles. The molecule has 172 valence electrons. The molecule has 2 aliphatic heterocycles. The molecular weight excluding hydrogens is 424 g/mol. The quantitative estimate of drug-likeness (QED) is 0.626. The summed E-state index contributed by atoms with van der Waals surface area (Å²) in [5.74, 6) is 1.67. The molecule has 3 heterocycles. The molecule has 9 heteroatoms. The highest BCUT2D eigenvalue weighted by Gasteiger charge is 2.29. The van der Waals surface area contributed by atoms with Gasteiger partial charge in [-0.1, -0.05) is 6.08 Å². The third-order valence-corrected chi connectivity index (χ3v) is 5.61. The number of pyridine rings is 1. The number of hydrogen-bond acceptors (Lipinski definition) is 8. The maximum Gasteiger partial charge on any atom is 0.248 e. The van der Waals surface area contributed by atoms with Crippen molar-refractivity contribution in [1.82, 2.24) is 9.88 Å². The lowest BCUT2D eigenvalue weighted by Crippen LogP contribution is -2.32. The van der Waals surface area contributed by atoms with E-state index in [4.69, 9.17) is 18.9 Å². The first-order chi connectivity index (χ1) is 16.1. The first-order valence-electron chi connectivity index (χ1n) is 10.7. The van der Waals surface area contributed by atoms with Gasteiger partial charge in [-0.3, -0.25) is 4.79 Å². The van der Waals surface area contributed by atoms with Crippen molar-refractivity contribution in [3.63, 3.8) is 0 Å². The minimum Gasteiger partial charge on any atom is -0.488 e. The number of amides is 1. The first kappa shape index (κ1) is 22.4. The van der Waals surface area contributed by atoms with Crippen LogP contribution >= 0.6 is 0 Å². The molecule has 9 nitrogen and oxygen atoms in total. The Hall–Kier alpha value is -3.77. The molecule has 1 atom stereocenters. The van der Waals surface area contributed by atoms with Gasteiger partial charge in [-0.2, -0.15) is 5.26 Å². The molecule has 1 amide bonds. The van der Waals surface area contributed by atoms with Crippen LogP contribution < -0.4 is 9.64 Å². The molecule has 0 spiro atoms. The van der Waals surface area contributed by atoms with Crippen LogP contribution in [0.5, 0.6) is 5.88 Å². The minimum absolute atomic E-state index is 0.0269. The average molecular weight is 450 g/mol. The number of nitriles is 1. The van der Waals surface area contributed by atoms with Crippen LogP contribution in [0.25, 0.3) is 0 Å². The fourth-order valence-corrected chi connectivity index (χ4v) is 3.95. The van der Waals surface area contributed by atoms with Gasteiger partial charge in [0.15, 0.2) is 0 Å². The highest BCUT2D eigenvalue weighted by Crippen LogP contribution is 2.33. The highest BCUT2D eigenvalue weighted by molar-refractivity contribution is 5.77. The molecule has 0 bridgehead atoms. The summed E-state index contributed by atoms with van der Waals surface area (Å²) < 4.78 is 22.2.